The van der Waals surface area contributed by atoms with Crippen LogP contribution in [0.2, 0.25) is 0 Å². The number of rotatable bonds is 4. The molecular weight excluding hydrogens is 574 g/mol. The predicted molar refractivity (Wildman–Crippen MR) is 193 cm³/mol. The first-order valence-electron chi connectivity index (χ1n) is 15.8. The fraction of sp³-hybridized carbons (Fsp3) is 0. The topological polar surface area (TPSA) is 40.6 Å². The van der Waals surface area contributed by atoms with E-state index in [1.165, 1.54) is 27.2 Å². The molecule has 0 aliphatic carbocycles. The SMILES string of the molecule is c1ccc(-n2c(-c3ccc(-n4c5ccncc5c5ccc6c7ccccc7n(-c7ccccc7)c6c54)cc3)nc3ccccc32)cc1. The smallest absolute Gasteiger partial charge is 0.145 e. The lowest BCUT2D eigenvalue weighted by Crippen LogP contribution is -2.00. The highest BCUT2D eigenvalue weighted by Gasteiger charge is 2.21. The molecule has 220 valence electrons. The number of pyridine rings is 1. The number of hydrogen-bond donors (Lipinski definition) is 0. The highest BCUT2D eigenvalue weighted by atomic mass is 15.1. The van der Waals surface area contributed by atoms with Gasteiger partial charge in [-0.15, -0.1) is 0 Å². The zero-order valence-electron chi connectivity index (χ0n) is 25.3. The van der Waals surface area contributed by atoms with E-state index in [-0.39, 0.29) is 0 Å². The maximum atomic E-state index is 5.11. The molecule has 0 atom stereocenters. The standard InChI is InChI=1S/C42H27N5/c1-3-11-29(12-4-1)45-37-17-9-7-15-32(37)33-23-24-34-35-27-43-26-25-38(35)46(41(34)40(33)45)31-21-19-28(20-22-31)42-44-36-16-8-10-18-39(36)47(42)30-13-5-2-6-14-30/h1-27H. The van der Waals surface area contributed by atoms with E-state index in [4.69, 9.17) is 4.98 Å². The van der Waals surface area contributed by atoms with Gasteiger partial charge >= 0.3 is 0 Å². The first-order valence-corrected chi connectivity index (χ1v) is 15.8. The summed E-state index contributed by atoms with van der Waals surface area (Å²) in [4.78, 5) is 9.66. The largest absolute Gasteiger partial charge is 0.307 e. The molecule has 10 rings (SSSR count). The van der Waals surface area contributed by atoms with Gasteiger partial charge in [-0.05, 0) is 72.8 Å². The molecule has 5 nitrogen and oxygen atoms in total. The summed E-state index contributed by atoms with van der Waals surface area (Å²) in [5, 5.41) is 4.76. The summed E-state index contributed by atoms with van der Waals surface area (Å²) in [6.45, 7) is 0. The maximum absolute atomic E-state index is 5.11. The van der Waals surface area contributed by atoms with Gasteiger partial charge in [-0.3, -0.25) is 9.55 Å². The number of imidazole rings is 1. The second kappa shape index (κ2) is 10.0. The van der Waals surface area contributed by atoms with E-state index in [9.17, 15) is 0 Å². The van der Waals surface area contributed by atoms with Crippen LogP contribution in [-0.4, -0.2) is 23.7 Å². The summed E-state index contributed by atoms with van der Waals surface area (Å²) in [6, 6.07) is 53.6. The van der Waals surface area contributed by atoms with E-state index in [2.05, 4.69) is 158 Å². The number of hydrogen-bond acceptors (Lipinski definition) is 2. The van der Waals surface area contributed by atoms with Crippen LogP contribution in [-0.2, 0) is 0 Å². The molecular formula is C42H27N5. The third kappa shape index (κ3) is 3.77. The van der Waals surface area contributed by atoms with Crippen molar-refractivity contribution < 1.29 is 0 Å². The minimum atomic E-state index is 0.918. The number of fused-ring (bicyclic) bond motifs is 8. The minimum Gasteiger partial charge on any atom is -0.307 e. The molecule has 0 spiro atoms. The van der Waals surface area contributed by atoms with Crippen LogP contribution < -0.4 is 0 Å². The van der Waals surface area contributed by atoms with Gasteiger partial charge in [0.1, 0.15) is 5.82 Å². The van der Waals surface area contributed by atoms with E-state index in [1.54, 1.807) is 0 Å². The molecule has 0 radical (unpaired) electrons. The van der Waals surface area contributed by atoms with Crippen molar-refractivity contribution in [3.05, 3.63) is 164 Å². The van der Waals surface area contributed by atoms with Crippen molar-refractivity contribution in [2.24, 2.45) is 0 Å². The molecule has 0 saturated carbocycles. The summed E-state index contributed by atoms with van der Waals surface area (Å²) < 4.78 is 7.06. The fourth-order valence-corrected chi connectivity index (χ4v) is 7.33. The Labute approximate surface area is 270 Å². The molecule has 4 aromatic heterocycles. The van der Waals surface area contributed by atoms with Gasteiger partial charge in [-0.2, -0.15) is 0 Å². The monoisotopic (exact) mass is 601 g/mol. The molecule has 0 saturated heterocycles. The zero-order valence-corrected chi connectivity index (χ0v) is 25.3. The number of aromatic nitrogens is 5. The van der Waals surface area contributed by atoms with Crippen molar-refractivity contribution >= 4 is 54.6 Å². The van der Waals surface area contributed by atoms with E-state index >= 15 is 0 Å². The molecule has 0 aliphatic heterocycles. The average Bonchev–Trinajstić information content (AvgIpc) is 3.81. The van der Waals surface area contributed by atoms with E-state index in [1.807, 2.05) is 24.5 Å². The Hall–Kier alpha value is -6.46. The lowest BCUT2D eigenvalue weighted by molar-refractivity contribution is 1.10. The molecule has 0 bridgehead atoms. The van der Waals surface area contributed by atoms with Crippen LogP contribution >= 0.6 is 0 Å². The Bertz CT molecular complexity index is 2770. The Morgan fingerprint density at radius 2 is 0.936 bits per heavy atom. The average molecular weight is 602 g/mol. The summed E-state index contributed by atoms with van der Waals surface area (Å²) in [7, 11) is 0. The number of benzene rings is 6. The normalized spacial score (nSPS) is 11.8. The molecule has 6 aromatic carbocycles. The quantitative estimate of drug-likeness (QED) is 0.201. The van der Waals surface area contributed by atoms with Gasteiger partial charge < -0.3 is 9.13 Å². The van der Waals surface area contributed by atoms with Gasteiger partial charge in [-0.1, -0.05) is 78.9 Å². The summed E-state index contributed by atoms with van der Waals surface area (Å²) in [6.07, 6.45) is 3.88. The highest BCUT2D eigenvalue weighted by Crippen LogP contribution is 2.41. The molecule has 4 heterocycles. The van der Waals surface area contributed by atoms with Crippen molar-refractivity contribution in [2.75, 3.05) is 0 Å². The predicted octanol–water partition coefficient (Wildman–Crippen LogP) is 10.3. The van der Waals surface area contributed by atoms with Gasteiger partial charge in [-0.25, -0.2) is 4.98 Å². The molecule has 0 unspecified atom stereocenters. The zero-order chi connectivity index (χ0) is 30.9. The molecule has 10 aromatic rings. The Kier molecular flexibility index (Phi) is 5.51. The fourth-order valence-electron chi connectivity index (χ4n) is 7.33. The molecule has 5 heteroatoms. The molecule has 47 heavy (non-hydrogen) atoms. The first kappa shape index (κ1) is 25.8. The van der Waals surface area contributed by atoms with Gasteiger partial charge in [0, 0.05) is 56.6 Å². The Morgan fingerprint density at radius 3 is 1.66 bits per heavy atom. The number of nitrogens with zero attached hydrogens (tertiary/aromatic N) is 5. The second-order valence-electron chi connectivity index (χ2n) is 11.9. The maximum Gasteiger partial charge on any atom is 0.145 e. The minimum absolute atomic E-state index is 0.918. The van der Waals surface area contributed by atoms with Crippen molar-refractivity contribution in [1.29, 1.82) is 0 Å². The van der Waals surface area contributed by atoms with Crippen LogP contribution in [0.3, 0.4) is 0 Å². The molecule has 0 amide bonds. The summed E-state index contributed by atoms with van der Waals surface area (Å²) in [5.41, 5.74) is 11.1. The van der Waals surface area contributed by atoms with Gasteiger partial charge in [0.25, 0.3) is 0 Å². The van der Waals surface area contributed by atoms with Crippen molar-refractivity contribution in [3.8, 4) is 28.5 Å². The summed E-state index contributed by atoms with van der Waals surface area (Å²) >= 11 is 0. The third-order valence-electron chi connectivity index (χ3n) is 9.34. The van der Waals surface area contributed by atoms with Crippen molar-refractivity contribution in [2.45, 2.75) is 0 Å². The Morgan fingerprint density at radius 1 is 0.383 bits per heavy atom. The second-order valence-corrected chi connectivity index (χ2v) is 11.9. The summed E-state index contributed by atoms with van der Waals surface area (Å²) in [5.74, 6) is 0.918. The van der Waals surface area contributed by atoms with Crippen LogP contribution in [0.15, 0.2) is 164 Å². The van der Waals surface area contributed by atoms with Crippen LogP contribution in [0.4, 0.5) is 0 Å². The van der Waals surface area contributed by atoms with Crippen molar-refractivity contribution in [1.82, 2.24) is 23.7 Å². The molecule has 0 N–H and O–H groups in total. The molecule has 0 aliphatic rings. The van der Waals surface area contributed by atoms with Gasteiger partial charge in [0.15, 0.2) is 0 Å². The van der Waals surface area contributed by atoms with Gasteiger partial charge in [0.05, 0.1) is 33.1 Å². The third-order valence-corrected chi connectivity index (χ3v) is 9.34. The van der Waals surface area contributed by atoms with E-state index in [0.29, 0.717) is 0 Å². The van der Waals surface area contributed by atoms with E-state index < -0.39 is 0 Å². The van der Waals surface area contributed by atoms with E-state index in [0.717, 1.165) is 55.9 Å². The highest BCUT2D eigenvalue weighted by molar-refractivity contribution is 6.23. The van der Waals surface area contributed by atoms with Gasteiger partial charge in [0.2, 0.25) is 0 Å². The lowest BCUT2D eigenvalue weighted by atomic mass is 10.1. The number of para-hydroxylation sites is 5. The van der Waals surface area contributed by atoms with Crippen LogP contribution in [0.5, 0.6) is 0 Å². The van der Waals surface area contributed by atoms with Crippen LogP contribution in [0, 0.1) is 0 Å². The van der Waals surface area contributed by atoms with Crippen LogP contribution in [0.25, 0.3) is 83.1 Å². The molecule has 0 fully saturated rings. The van der Waals surface area contributed by atoms with Crippen LogP contribution in [0.1, 0.15) is 0 Å². The lowest BCUT2D eigenvalue weighted by Gasteiger charge is -2.13. The first-order chi connectivity index (χ1) is 23.3. The van der Waals surface area contributed by atoms with Crippen molar-refractivity contribution in [3.63, 3.8) is 0 Å². The Balaban J connectivity index is 1.26.